The SMILES string of the molecule is CCCNCC(O)COc1ccccc1CC(=O)Cc1ccc(Cl)cc1Cl. The van der Waals surface area contributed by atoms with Gasteiger partial charge in [0.15, 0.2) is 0 Å². The van der Waals surface area contributed by atoms with Crippen LogP contribution in [0, 0.1) is 0 Å². The van der Waals surface area contributed by atoms with Gasteiger partial charge in [-0.05, 0) is 36.7 Å². The molecule has 2 aromatic rings. The third-order valence-corrected chi connectivity index (χ3v) is 4.59. The van der Waals surface area contributed by atoms with Gasteiger partial charge in [0, 0.05) is 35.0 Å². The molecule has 0 bridgehead atoms. The lowest BCUT2D eigenvalue weighted by molar-refractivity contribution is -0.117. The largest absolute Gasteiger partial charge is 0.491 e. The highest BCUT2D eigenvalue weighted by molar-refractivity contribution is 6.35. The number of ether oxygens (including phenoxy) is 1. The second kappa shape index (κ2) is 11.3. The van der Waals surface area contributed by atoms with Crippen molar-refractivity contribution in [1.29, 1.82) is 0 Å². The molecule has 0 saturated carbocycles. The fraction of sp³-hybridized carbons (Fsp3) is 0.381. The fourth-order valence-corrected chi connectivity index (χ4v) is 3.11. The van der Waals surface area contributed by atoms with Crippen molar-refractivity contribution in [3.8, 4) is 5.75 Å². The predicted molar refractivity (Wildman–Crippen MR) is 110 cm³/mol. The van der Waals surface area contributed by atoms with Gasteiger partial charge in [0.2, 0.25) is 0 Å². The molecular formula is C21H25Cl2NO3. The molecule has 0 spiro atoms. The first-order valence-electron chi connectivity index (χ1n) is 9.04. The highest BCUT2D eigenvalue weighted by atomic mass is 35.5. The van der Waals surface area contributed by atoms with Gasteiger partial charge in [0.25, 0.3) is 0 Å². The predicted octanol–water partition coefficient (Wildman–Crippen LogP) is 4.09. The van der Waals surface area contributed by atoms with Crippen LogP contribution in [0.4, 0.5) is 0 Å². The smallest absolute Gasteiger partial charge is 0.141 e. The van der Waals surface area contributed by atoms with E-state index in [0.29, 0.717) is 22.3 Å². The number of hydrogen-bond acceptors (Lipinski definition) is 4. The quantitative estimate of drug-likeness (QED) is 0.548. The number of para-hydroxylation sites is 1. The highest BCUT2D eigenvalue weighted by Crippen LogP contribution is 2.23. The Morgan fingerprint density at radius 2 is 1.89 bits per heavy atom. The normalized spacial score (nSPS) is 12.0. The number of benzene rings is 2. The molecule has 0 radical (unpaired) electrons. The number of carbonyl (C=O) groups is 1. The molecule has 2 aromatic carbocycles. The van der Waals surface area contributed by atoms with Crippen molar-refractivity contribution in [2.24, 2.45) is 0 Å². The van der Waals surface area contributed by atoms with Gasteiger partial charge < -0.3 is 15.2 Å². The van der Waals surface area contributed by atoms with Crippen molar-refractivity contribution < 1.29 is 14.6 Å². The molecule has 1 atom stereocenters. The van der Waals surface area contributed by atoms with E-state index in [-0.39, 0.29) is 25.2 Å². The Labute approximate surface area is 170 Å². The van der Waals surface area contributed by atoms with Crippen LogP contribution in [0.25, 0.3) is 0 Å². The molecule has 0 amide bonds. The zero-order valence-corrected chi connectivity index (χ0v) is 16.9. The number of Topliss-reactive ketones (excluding diaryl/α,β-unsaturated/α-hetero) is 1. The molecule has 6 heteroatoms. The first-order chi connectivity index (χ1) is 13.0. The average molecular weight is 410 g/mol. The Kier molecular flexibility index (Phi) is 9.08. The summed E-state index contributed by atoms with van der Waals surface area (Å²) in [5.41, 5.74) is 1.54. The van der Waals surface area contributed by atoms with Crippen LogP contribution in [-0.2, 0) is 17.6 Å². The number of ketones is 1. The van der Waals surface area contributed by atoms with Crippen LogP contribution in [-0.4, -0.2) is 36.7 Å². The van der Waals surface area contributed by atoms with Crippen molar-refractivity contribution in [1.82, 2.24) is 5.32 Å². The van der Waals surface area contributed by atoms with Crippen LogP contribution in [0.1, 0.15) is 24.5 Å². The van der Waals surface area contributed by atoms with Crippen molar-refractivity contribution in [2.75, 3.05) is 19.7 Å². The number of halogens is 2. The lowest BCUT2D eigenvalue weighted by Crippen LogP contribution is -2.31. The maximum atomic E-state index is 12.5. The minimum atomic E-state index is -0.604. The van der Waals surface area contributed by atoms with Crippen LogP contribution in [0.3, 0.4) is 0 Å². The Morgan fingerprint density at radius 3 is 2.63 bits per heavy atom. The number of nitrogens with one attached hydrogen (secondary N) is 1. The Morgan fingerprint density at radius 1 is 1.15 bits per heavy atom. The molecule has 0 saturated heterocycles. The molecule has 1 unspecified atom stereocenters. The highest BCUT2D eigenvalue weighted by Gasteiger charge is 2.13. The first kappa shape index (κ1) is 21.7. The van der Waals surface area contributed by atoms with Crippen LogP contribution in [0.15, 0.2) is 42.5 Å². The number of rotatable bonds is 11. The lowest BCUT2D eigenvalue weighted by atomic mass is 10.0. The zero-order valence-electron chi connectivity index (χ0n) is 15.4. The molecule has 2 N–H and O–H groups in total. The van der Waals surface area contributed by atoms with E-state index in [4.69, 9.17) is 27.9 Å². The maximum absolute atomic E-state index is 12.5. The summed E-state index contributed by atoms with van der Waals surface area (Å²) in [6, 6.07) is 12.5. The summed E-state index contributed by atoms with van der Waals surface area (Å²) in [6.07, 6.45) is 0.872. The molecule has 4 nitrogen and oxygen atoms in total. The summed E-state index contributed by atoms with van der Waals surface area (Å²) in [5.74, 6) is 0.642. The summed E-state index contributed by atoms with van der Waals surface area (Å²) in [7, 11) is 0. The summed E-state index contributed by atoms with van der Waals surface area (Å²) in [5, 5.41) is 14.2. The van der Waals surface area contributed by atoms with Gasteiger partial charge >= 0.3 is 0 Å². The van der Waals surface area contributed by atoms with Crippen LogP contribution >= 0.6 is 23.2 Å². The summed E-state index contributed by atoms with van der Waals surface area (Å²) in [6.45, 7) is 3.57. The van der Waals surface area contributed by atoms with Crippen LogP contribution in [0.5, 0.6) is 5.75 Å². The molecule has 0 heterocycles. The van der Waals surface area contributed by atoms with E-state index in [2.05, 4.69) is 12.2 Å². The minimum Gasteiger partial charge on any atom is -0.491 e. The molecule has 0 aliphatic rings. The molecule has 0 aromatic heterocycles. The molecule has 0 aliphatic carbocycles. The first-order valence-corrected chi connectivity index (χ1v) is 9.80. The van der Waals surface area contributed by atoms with Crippen LogP contribution in [0.2, 0.25) is 10.0 Å². The summed E-state index contributed by atoms with van der Waals surface area (Å²) >= 11 is 12.0. The second-order valence-corrected chi connectivity index (χ2v) is 7.25. The third kappa shape index (κ3) is 7.51. The Bertz CT molecular complexity index is 752. The molecule has 146 valence electrons. The van der Waals surface area contributed by atoms with Gasteiger partial charge in [-0.1, -0.05) is 54.4 Å². The van der Waals surface area contributed by atoms with E-state index in [9.17, 15) is 9.90 Å². The zero-order chi connectivity index (χ0) is 19.6. The van der Waals surface area contributed by atoms with Crippen molar-refractivity contribution in [3.05, 3.63) is 63.6 Å². The van der Waals surface area contributed by atoms with Gasteiger partial charge in [-0.25, -0.2) is 0 Å². The van der Waals surface area contributed by atoms with E-state index in [1.54, 1.807) is 18.2 Å². The molecular weight excluding hydrogens is 385 g/mol. The van der Waals surface area contributed by atoms with E-state index >= 15 is 0 Å². The van der Waals surface area contributed by atoms with Gasteiger partial charge in [0.05, 0.1) is 0 Å². The van der Waals surface area contributed by atoms with Crippen molar-refractivity contribution in [2.45, 2.75) is 32.3 Å². The molecule has 0 fully saturated rings. The minimum absolute atomic E-state index is 0.0282. The number of aliphatic hydroxyl groups excluding tert-OH is 1. The van der Waals surface area contributed by atoms with Gasteiger partial charge in [-0.2, -0.15) is 0 Å². The maximum Gasteiger partial charge on any atom is 0.141 e. The van der Waals surface area contributed by atoms with E-state index in [0.717, 1.165) is 24.1 Å². The molecule has 27 heavy (non-hydrogen) atoms. The Hall–Kier alpha value is -1.59. The standard InChI is InChI=1S/C21H25Cl2NO3/c1-2-9-24-13-19(26)14-27-21-6-4-3-5-16(21)11-18(25)10-15-7-8-17(22)12-20(15)23/h3-8,12,19,24,26H,2,9-11,13-14H2,1H3. The van der Waals surface area contributed by atoms with Crippen LogP contribution < -0.4 is 10.1 Å². The van der Waals surface area contributed by atoms with E-state index in [1.807, 2.05) is 24.3 Å². The second-order valence-electron chi connectivity index (χ2n) is 6.40. The van der Waals surface area contributed by atoms with Crippen molar-refractivity contribution >= 4 is 29.0 Å². The summed E-state index contributed by atoms with van der Waals surface area (Å²) < 4.78 is 5.73. The summed E-state index contributed by atoms with van der Waals surface area (Å²) in [4.78, 5) is 12.5. The van der Waals surface area contributed by atoms with Gasteiger partial charge in [-0.15, -0.1) is 0 Å². The molecule has 0 aliphatic heterocycles. The number of aliphatic hydroxyl groups is 1. The number of carbonyl (C=O) groups excluding carboxylic acids is 1. The molecule has 2 rings (SSSR count). The average Bonchev–Trinajstić information content (AvgIpc) is 2.63. The topological polar surface area (TPSA) is 58.6 Å². The third-order valence-electron chi connectivity index (χ3n) is 4.00. The van der Waals surface area contributed by atoms with Crippen molar-refractivity contribution in [3.63, 3.8) is 0 Å². The monoisotopic (exact) mass is 409 g/mol. The van der Waals surface area contributed by atoms with E-state index in [1.165, 1.54) is 0 Å². The number of hydrogen-bond donors (Lipinski definition) is 2. The van der Waals surface area contributed by atoms with E-state index < -0.39 is 6.10 Å². The fourth-order valence-electron chi connectivity index (χ4n) is 2.63. The van der Waals surface area contributed by atoms with Gasteiger partial charge in [-0.3, -0.25) is 4.79 Å². The lowest BCUT2D eigenvalue weighted by Gasteiger charge is -2.15. The van der Waals surface area contributed by atoms with Gasteiger partial charge in [0.1, 0.15) is 24.2 Å². The Balaban J connectivity index is 1.93.